The van der Waals surface area contributed by atoms with Crippen molar-refractivity contribution in [3.63, 3.8) is 0 Å². The molecule has 4 nitrogen and oxygen atoms in total. The lowest BCUT2D eigenvalue weighted by Gasteiger charge is -2.23. The molecule has 0 radical (unpaired) electrons. The summed E-state index contributed by atoms with van der Waals surface area (Å²) < 4.78 is 0. The van der Waals surface area contributed by atoms with Gasteiger partial charge >= 0.3 is 0 Å². The fraction of sp³-hybridized carbons (Fsp3) is 0. The van der Waals surface area contributed by atoms with Gasteiger partial charge in [-0.3, -0.25) is 0 Å². The van der Waals surface area contributed by atoms with Crippen molar-refractivity contribution in [1.29, 1.82) is 0 Å². The van der Waals surface area contributed by atoms with Crippen molar-refractivity contribution in [2.45, 2.75) is 0 Å². The van der Waals surface area contributed by atoms with Crippen molar-refractivity contribution in [3.8, 4) is 0 Å². The summed E-state index contributed by atoms with van der Waals surface area (Å²) in [6, 6.07) is 7.62. The van der Waals surface area contributed by atoms with Crippen LogP contribution in [0.25, 0.3) is 10.8 Å². The fourth-order valence-corrected chi connectivity index (χ4v) is 2.24. The first-order valence-corrected chi connectivity index (χ1v) is 5.26. The van der Waals surface area contributed by atoms with E-state index in [1.165, 1.54) is 0 Å². The summed E-state index contributed by atoms with van der Waals surface area (Å²) >= 11 is 5.11. The molecule has 80 valence electrons. The van der Waals surface area contributed by atoms with E-state index in [9.17, 15) is 0 Å². The molecule has 3 rings (SSSR count). The van der Waals surface area contributed by atoms with Gasteiger partial charge in [-0.2, -0.15) is 0 Å². The highest BCUT2D eigenvalue weighted by molar-refractivity contribution is 7.80. The van der Waals surface area contributed by atoms with Gasteiger partial charge in [-0.25, -0.2) is 0 Å². The van der Waals surface area contributed by atoms with Gasteiger partial charge in [0.2, 0.25) is 0 Å². The summed E-state index contributed by atoms with van der Waals surface area (Å²) in [6.45, 7) is 0. The molecule has 16 heavy (non-hydrogen) atoms. The minimum absolute atomic E-state index is 0.552. The molecule has 0 atom stereocenters. The molecule has 0 aliphatic carbocycles. The van der Waals surface area contributed by atoms with Crippen LogP contribution < -0.4 is 22.1 Å². The van der Waals surface area contributed by atoms with Gasteiger partial charge in [-0.15, -0.1) is 0 Å². The molecule has 2 aromatic carbocycles. The fourth-order valence-electron chi connectivity index (χ4n) is 2.03. The summed E-state index contributed by atoms with van der Waals surface area (Å²) in [5.41, 5.74) is 14.9. The van der Waals surface area contributed by atoms with Gasteiger partial charge in [0.05, 0.1) is 17.1 Å². The maximum atomic E-state index is 5.94. The third-order valence-electron chi connectivity index (χ3n) is 2.71. The number of rotatable bonds is 0. The van der Waals surface area contributed by atoms with Crippen LogP contribution in [-0.2, 0) is 0 Å². The number of nitrogens with one attached hydrogen (secondary N) is 2. The Bertz CT molecular complexity index is 621. The lowest BCUT2D eigenvalue weighted by molar-refractivity contribution is 1.59. The lowest BCUT2D eigenvalue weighted by atomic mass is 10.0. The number of hydrogen-bond donors (Lipinski definition) is 4. The second-order valence-corrected chi connectivity index (χ2v) is 4.15. The quantitative estimate of drug-likeness (QED) is 0.412. The van der Waals surface area contributed by atoms with E-state index in [4.69, 9.17) is 23.7 Å². The highest BCUT2D eigenvalue weighted by atomic mass is 32.1. The molecule has 0 bridgehead atoms. The lowest BCUT2D eigenvalue weighted by Crippen LogP contribution is -2.24. The molecule has 1 heterocycles. The van der Waals surface area contributed by atoms with Gasteiger partial charge in [-0.1, -0.05) is 12.1 Å². The predicted octanol–water partition coefficient (Wildman–Crippen LogP) is 2.13. The average Bonchev–Trinajstić information content (AvgIpc) is 2.25. The van der Waals surface area contributed by atoms with Gasteiger partial charge in [0.25, 0.3) is 0 Å². The van der Waals surface area contributed by atoms with Gasteiger partial charge in [0.1, 0.15) is 0 Å². The topological polar surface area (TPSA) is 76.1 Å². The van der Waals surface area contributed by atoms with Crippen molar-refractivity contribution < 1.29 is 0 Å². The molecule has 0 unspecified atom stereocenters. The third-order valence-corrected chi connectivity index (χ3v) is 2.92. The third kappa shape index (κ3) is 1.12. The van der Waals surface area contributed by atoms with E-state index in [1.54, 1.807) is 6.07 Å². The molecule has 0 fully saturated rings. The molecule has 1 aliphatic heterocycles. The Morgan fingerprint density at radius 1 is 1.06 bits per heavy atom. The Kier molecular flexibility index (Phi) is 1.73. The monoisotopic (exact) mass is 230 g/mol. The summed E-state index contributed by atoms with van der Waals surface area (Å²) in [6.07, 6.45) is 0. The number of benzene rings is 2. The minimum atomic E-state index is 0.552. The van der Waals surface area contributed by atoms with Crippen LogP contribution in [0.3, 0.4) is 0 Å². The summed E-state index contributed by atoms with van der Waals surface area (Å²) in [5, 5.41) is 8.67. The van der Waals surface area contributed by atoms with Crippen LogP contribution in [0.2, 0.25) is 0 Å². The summed E-state index contributed by atoms with van der Waals surface area (Å²) in [7, 11) is 0. The zero-order valence-electron chi connectivity index (χ0n) is 8.37. The standard InChI is InChI=1S/C11H10N4S/c12-6-4-7(13)10-9-5(6)2-1-3-8(9)14-11(16)15-10/h1-4H,12-13H2,(H2,14,15,16). The Labute approximate surface area is 97.6 Å². The maximum absolute atomic E-state index is 5.94. The largest absolute Gasteiger partial charge is 0.398 e. The van der Waals surface area contributed by atoms with Crippen molar-refractivity contribution >= 4 is 50.9 Å². The first-order chi connectivity index (χ1) is 7.66. The number of hydrogen-bond acceptors (Lipinski definition) is 3. The van der Waals surface area contributed by atoms with Gasteiger partial charge < -0.3 is 22.1 Å². The van der Waals surface area contributed by atoms with Crippen LogP contribution in [0.15, 0.2) is 24.3 Å². The second-order valence-electron chi connectivity index (χ2n) is 3.74. The molecule has 0 saturated carbocycles. The van der Waals surface area contributed by atoms with Crippen molar-refractivity contribution in [1.82, 2.24) is 0 Å². The molecule has 0 spiro atoms. The van der Waals surface area contributed by atoms with Gasteiger partial charge in [-0.05, 0) is 24.4 Å². The maximum Gasteiger partial charge on any atom is 0.175 e. The smallest absolute Gasteiger partial charge is 0.175 e. The van der Waals surface area contributed by atoms with Crippen molar-refractivity contribution in [3.05, 3.63) is 24.3 Å². The molecule has 2 aromatic rings. The van der Waals surface area contributed by atoms with E-state index in [-0.39, 0.29) is 0 Å². The SMILES string of the molecule is Nc1cc(N)c2cccc3c2c1NC(=S)N3. The van der Waals surface area contributed by atoms with Crippen LogP contribution in [0.5, 0.6) is 0 Å². The van der Waals surface area contributed by atoms with Crippen LogP contribution in [0, 0.1) is 0 Å². The van der Waals surface area contributed by atoms with Gasteiger partial charge in [0.15, 0.2) is 5.11 Å². The molecular formula is C11H10N4S. The molecule has 1 aliphatic rings. The molecule has 6 N–H and O–H groups in total. The zero-order valence-corrected chi connectivity index (χ0v) is 9.19. The number of anilines is 4. The van der Waals surface area contributed by atoms with Crippen molar-refractivity contribution in [2.75, 3.05) is 22.1 Å². The highest BCUT2D eigenvalue weighted by Crippen LogP contribution is 2.40. The summed E-state index contributed by atoms with van der Waals surface area (Å²) in [5.74, 6) is 0. The van der Waals surface area contributed by atoms with Crippen LogP contribution in [0.4, 0.5) is 22.7 Å². The highest BCUT2D eigenvalue weighted by Gasteiger charge is 2.18. The zero-order chi connectivity index (χ0) is 11.3. The molecule has 0 saturated heterocycles. The minimum Gasteiger partial charge on any atom is -0.398 e. The van der Waals surface area contributed by atoms with Gasteiger partial charge in [0, 0.05) is 16.5 Å². The normalized spacial score (nSPS) is 13.4. The summed E-state index contributed by atoms with van der Waals surface area (Å²) in [4.78, 5) is 0. The van der Waals surface area contributed by atoms with E-state index in [2.05, 4.69) is 10.6 Å². The van der Waals surface area contributed by atoms with E-state index < -0.39 is 0 Å². The Balaban J connectivity index is 2.51. The van der Waals surface area contributed by atoms with Crippen molar-refractivity contribution in [2.24, 2.45) is 0 Å². The van der Waals surface area contributed by atoms with E-state index in [0.29, 0.717) is 16.5 Å². The molecule has 0 aromatic heterocycles. The predicted molar refractivity (Wildman–Crippen MR) is 72.6 cm³/mol. The first-order valence-electron chi connectivity index (χ1n) is 4.85. The van der Waals surface area contributed by atoms with Crippen LogP contribution in [-0.4, -0.2) is 5.11 Å². The Morgan fingerprint density at radius 2 is 1.88 bits per heavy atom. The van der Waals surface area contributed by atoms with Crippen LogP contribution in [0.1, 0.15) is 0 Å². The first kappa shape index (κ1) is 9.23. The molecule has 5 heteroatoms. The Hall–Kier alpha value is -2.01. The van der Waals surface area contributed by atoms with E-state index in [0.717, 1.165) is 22.1 Å². The average molecular weight is 230 g/mol. The van der Waals surface area contributed by atoms with E-state index >= 15 is 0 Å². The number of nitrogens with two attached hydrogens (primary N) is 2. The molecule has 0 amide bonds. The number of nitrogen functional groups attached to an aromatic ring is 2. The van der Waals surface area contributed by atoms with Crippen LogP contribution >= 0.6 is 12.2 Å². The molecular weight excluding hydrogens is 220 g/mol. The van der Waals surface area contributed by atoms with E-state index in [1.807, 2.05) is 18.2 Å². The number of thiocarbonyl (C=S) groups is 1. The Morgan fingerprint density at radius 3 is 2.69 bits per heavy atom. The second kappa shape index (κ2) is 2.99.